The molecule has 2 aromatic carbocycles. The van der Waals surface area contributed by atoms with Crippen molar-refractivity contribution in [2.45, 2.75) is 6.42 Å². The molecular formula is C16H11ClO2. The molecule has 0 fully saturated rings. The molecule has 1 aliphatic rings. The third kappa shape index (κ3) is 2.15. The number of para-hydroxylation sites is 1. The molecule has 0 saturated heterocycles. The lowest BCUT2D eigenvalue weighted by atomic mass is 9.97. The number of hydrogen-bond donors (Lipinski definition) is 0. The fourth-order valence-corrected chi connectivity index (χ4v) is 2.30. The molecule has 0 spiro atoms. The molecule has 0 saturated carbocycles. The predicted molar refractivity (Wildman–Crippen MR) is 75.7 cm³/mol. The van der Waals surface area contributed by atoms with Crippen LogP contribution in [0, 0.1) is 0 Å². The van der Waals surface area contributed by atoms with Crippen LogP contribution in [0.1, 0.15) is 16.7 Å². The zero-order chi connectivity index (χ0) is 13.4. The largest absolute Gasteiger partial charge is 0.457 e. The third-order valence-corrected chi connectivity index (χ3v) is 3.45. The molecule has 2 aromatic rings. The molecule has 2 nitrogen and oxygen atoms in total. The Bertz CT molecular complexity index is 689. The van der Waals surface area contributed by atoms with E-state index in [4.69, 9.17) is 16.3 Å². The Morgan fingerprint density at radius 2 is 1.84 bits per heavy atom. The summed E-state index contributed by atoms with van der Waals surface area (Å²) in [6.45, 7) is 3.70. The van der Waals surface area contributed by atoms with Crippen LogP contribution >= 0.6 is 11.6 Å². The molecule has 3 heteroatoms. The van der Waals surface area contributed by atoms with Crippen molar-refractivity contribution in [2.24, 2.45) is 0 Å². The second-order valence-electron chi connectivity index (χ2n) is 4.46. The highest BCUT2D eigenvalue weighted by molar-refractivity contribution is 6.74. The summed E-state index contributed by atoms with van der Waals surface area (Å²) in [5, 5.41) is -0.530. The lowest BCUT2D eigenvalue weighted by molar-refractivity contribution is -0.106. The van der Waals surface area contributed by atoms with E-state index in [0.29, 0.717) is 5.57 Å². The van der Waals surface area contributed by atoms with Gasteiger partial charge in [0.25, 0.3) is 5.24 Å². The molecule has 0 amide bonds. The minimum absolute atomic E-state index is 0.309. The Balaban J connectivity index is 2.01. The summed E-state index contributed by atoms with van der Waals surface area (Å²) < 4.78 is 5.83. The zero-order valence-electron chi connectivity index (χ0n) is 10.2. The van der Waals surface area contributed by atoms with Crippen molar-refractivity contribution in [1.29, 1.82) is 0 Å². The molecule has 0 unspecified atom stereocenters. The Hall–Kier alpha value is -2.06. The molecule has 0 radical (unpaired) electrons. The van der Waals surface area contributed by atoms with Gasteiger partial charge in [0.2, 0.25) is 0 Å². The summed E-state index contributed by atoms with van der Waals surface area (Å²) in [6.07, 6.45) is 0.781. The zero-order valence-corrected chi connectivity index (χ0v) is 10.9. The van der Waals surface area contributed by atoms with E-state index in [1.165, 1.54) is 0 Å². The Morgan fingerprint density at radius 3 is 2.63 bits per heavy atom. The number of fused-ring (bicyclic) bond motifs is 2. The number of benzene rings is 2. The SMILES string of the molecule is C=C(C(=O)Cl)c1ccc2c(c1)Cc1ccccc1O2. The van der Waals surface area contributed by atoms with Gasteiger partial charge in [0.15, 0.2) is 0 Å². The maximum absolute atomic E-state index is 11.1. The minimum atomic E-state index is -0.530. The summed E-state index contributed by atoms with van der Waals surface area (Å²) in [5.41, 5.74) is 3.22. The second-order valence-corrected chi connectivity index (χ2v) is 4.80. The number of ether oxygens (including phenoxy) is 1. The first kappa shape index (κ1) is 12.0. The molecule has 0 N–H and O–H groups in total. The van der Waals surface area contributed by atoms with Gasteiger partial charge >= 0.3 is 0 Å². The van der Waals surface area contributed by atoms with E-state index in [2.05, 4.69) is 6.58 Å². The number of carbonyl (C=O) groups is 1. The lowest BCUT2D eigenvalue weighted by Gasteiger charge is -2.20. The smallest absolute Gasteiger partial charge is 0.252 e. The molecular weight excluding hydrogens is 260 g/mol. The Labute approximate surface area is 116 Å². The van der Waals surface area contributed by atoms with Gasteiger partial charge in [-0.25, -0.2) is 0 Å². The van der Waals surface area contributed by atoms with Gasteiger partial charge in [0.1, 0.15) is 11.5 Å². The fourth-order valence-electron chi connectivity index (χ4n) is 2.19. The van der Waals surface area contributed by atoms with Crippen molar-refractivity contribution >= 4 is 22.4 Å². The molecule has 3 rings (SSSR count). The maximum Gasteiger partial charge on any atom is 0.252 e. The molecule has 1 heterocycles. The van der Waals surface area contributed by atoms with Crippen LogP contribution in [0.3, 0.4) is 0 Å². The fraction of sp³-hybridized carbons (Fsp3) is 0.0625. The van der Waals surface area contributed by atoms with Crippen LogP contribution in [-0.2, 0) is 11.2 Å². The van der Waals surface area contributed by atoms with Crippen LogP contribution in [-0.4, -0.2) is 5.24 Å². The highest BCUT2D eigenvalue weighted by atomic mass is 35.5. The monoisotopic (exact) mass is 270 g/mol. The lowest BCUT2D eigenvalue weighted by Crippen LogP contribution is -2.04. The first-order valence-electron chi connectivity index (χ1n) is 5.93. The average molecular weight is 271 g/mol. The van der Waals surface area contributed by atoms with Gasteiger partial charge in [-0.1, -0.05) is 30.8 Å². The number of hydrogen-bond acceptors (Lipinski definition) is 2. The summed E-state index contributed by atoms with van der Waals surface area (Å²) in [5.74, 6) is 1.70. The number of carbonyl (C=O) groups excluding carboxylic acids is 1. The molecule has 0 aliphatic carbocycles. The van der Waals surface area contributed by atoms with E-state index in [1.807, 2.05) is 36.4 Å². The Morgan fingerprint density at radius 1 is 1.11 bits per heavy atom. The minimum Gasteiger partial charge on any atom is -0.457 e. The van der Waals surface area contributed by atoms with Crippen LogP contribution in [0.2, 0.25) is 0 Å². The predicted octanol–water partition coefficient (Wildman–Crippen LogP) is 4.16. The van der Waals surface area contributed by atoms with E-state index in [1.54, 1.807) is 6.07 Å². The normalized spacial score (nSPS) is 12.1. The van der Waals surface area contributed by atoms with Gasteiger partial charge in [-0.15, -0.1) is 0 Å². The molecule has 0 aromatic heterocycles. The topological polar surface area (TPSA) is 26.3 Å². The number of allylic oxidation sites excluding steroid dienone is 1. The molecule has 0 bridgehead atoms. The van der Waals surface area contributed by atoms with Gasteiger partial charge < -0.3 is 4.74 Å². The summed E-state index contributed by atoms with van der Waals surface area (Å²) in [4.78, 5) is 11.1. The number of halogens is 1. The van der Waals surface area contributed by atoms with Gasteiger partial charge in [-0.2, -0.15) is 0 Å². The van der Waals surface area contributed by atoms with Gasteiger partial charge in [0, 0.05) is 12.0 Å². The maximum atomic E-state index is 11.1. The van der Waals surface area contributed by atoms with Gasteiger partial charge in [-0.3, -0.25) is 4.79 Å². The molecule has 1 aliphatic heterocycles. The van der Waals surface area contributed by atoms with Crippen molar-refractivity contribution < 1.29 is 9.53 Å². The van der Waals surface area contributed by atoms with Gasteiger partial charge in [-0.05, 0) is 46.5 Å². The summed E-state index contributed by atoms with van der Waals surface area (Å²) >= 11 is 5.46. The van der Waals surface area contributed by atoms with Crippen molar-refractivity contribution in [3.63, 3.8) is 0 Å². The van der Waals surface area contributed by atoms with Crippen LogP contribution in [0.25, 0.3) is 5.57 Å². The summed E-state index contributed by atoms with van der Waals surface area (Å²) in [7, 11) is 0. The number of rotatable bonds is 2. The van der Waals surface area contributed by atoms with Crippen molar-refractivity contribution in [1.82, 2.24) is 0 Å². The molecule has 94 valence electrons. The van der Waals surface area contributed by atoms with Crippen molar-refractivity contribution in [3.8, 4) is 11.5 Å². The van der Waals surface area contributed by atoms with E-state index in [0.717, 1.165) is 34.6 Å². The van der Waals surface area contributed by atoms with Crippen LogP contribution in [0.5, 0.6) is 11.5 Å². The first-order valence-corrected chi connectivity index (χ1v) is 6.31. The van der Waals surface area contributed by atoms with Crippen molar-refractivity contribution in [2.75, 3.05) is 0 Å². The highest BCUT2D eigenvalue weighted by Gasteiger charge is 2.17. The quantitative estimate of drug-likeness (QED) is 0.516. The van der Waals surface area contributed by atoms with Crippen LogP contribution < -0.4 is 4.74 Å². The van der Waals surface area contributed by atoms with E-state index < -0.39 is 5.24 Å². The summed E-state index contributed by atoms with van der Waals surface area (Å²) in [6, 6.07) is 13.5. The second kappa shape index (κ2) is 4.56. The Kier molecular flexibility index (Phi) is 2.88. The first-order chi connectivity index (χ1) is 9.15. The molecule has 19 heavy (non-hydrogen) atoms. The van der Waals surface area contributed by atoms with Crippen molar-refractivity contribution in [3.05, 3.63) is 65.7 Å². The van der Waals surface area contributed by atoms with Gasteiger partial charge in [0.05, 0.1) is 0 Å². The third-order valence-electron chi connectivity index (χ3n) is 3.22. The standard InChI is InChI=1S/C16H11ClO2/c1-10(16(17)18)11-6-7-15-13(8-11)9-12-4-2-3-5-14(12)19-15/h2-8H,1,9H2. The van der Waals surface area contributed by atoms with E-state index >= 15 is 0 Å². The van der Waals surface area contributed by atoms with Crippen LogP contribution in [0.4, 0.5) is 0 Å². The highest BCUT2D eigenvalue weighted by Crippen LogP contribution is 2.37. The van der Waals surface area contributed by atoms with E-state index in [-0.39, 0.29) is 0 Å². The van der Waals surface area contributed by atoms with Crippen LogP contribution in [0.15, 0.2) is 49.0 Å². The molecule has 0 atom stereocenters. The average Bonchev–Trinajstić information content (AvgIpc) is 2.43. The van der Waals surface area contributed by atoms with E-state index in [9.17, 15) is 4.79 Å².